The lowest BCUT2D eigenvalue weighted by Crippen LogP contribution is -2.36. The molecule has 5 nitrogen and oxygen atoms in total. The summed E-state index contributed by atoms with van der Waals surface area (Å²) >= 11 is 6.02. The molecule has 0 aliphatic carbocycles. The predicted octanol–water partition coefficient (Wildman–Crippen LogP) is 2.00. The molecule has 1 amide bonds. The molecular weight excluding hydrogens is 268 g/mol. The summed E-state index contributed by atoms with van der Waals surface area (Å²) < 4.78 is 0. The minimum absolute atomic E-state index is 0.0595. The van der Waals surface area contributed by atoms with Crippen LogP contribution in [0.3, 0.4) is 0 Å². The van der Waals surface area contributed by atoms with Gasteiger partial charge < -0.3 is 15.3 Å². The number of nitrogens with zero attached hydrogens (tertiary/aromatic N) is 1. The summed E-state index contributed by atoms with van der Waals surface area (Å²) in [5, 5.41) is 12.2. The van der Waals surface area contributed by atoms with E-state index in [1.54, 1.807) is 19.2 Å². The van der Waals surface area contributed by atoms with E-state index in [0.717, 1.165) is 6.42 Å². The Hall–Kier alpha value is -1.75. The Balaban J connectivity index is 2.90. The highest BCUT2D eigenvalue weighted by Gasteiger charge is 2.18. The van der Waals surface area contributed by atoms with E-state index in [-0.39, 0.29) is 18.0 Å². The highest BCUT2D eigenvalue weighted by molar-refractivity contribution is 6.34. The molecule has 2 N–H and O–H groups in total. The molecule has 0 fully saturated rings. The normalized spacial score (nSPS) is 10.1. The Bertz CT molecular complexity index is 477. The van der Waals surface area contributed by atoms with Gasteiger partial charge in [-0.1, -0.05) is 24.6 Å². The van der Waals surface area contributed by atoms with E-state index in [0.29, 0.717) is 17.3 Å². The van der Waals surface area contributed by atoms with Crippen molar-refractivity contribution in [3.8, 4) is 0 Å². The molecule has 6 heteroatoms. The zero-order valence-electron chi connectivity index (χ0n) is 10.9. The molecule has 0 unspecified atom stereocenters. The highest BCUT2D eigenvalue weighted by Crippen LogP contribution is 2.28. The standard InChI is InChI=1S/C13H17ClN2O3/c1-3-7-15-11(17)8-16(2)12-9(13(18)19)5-4-6-10(12)14/h4-6H,3,7-8H2,1-2H3,(H,15,17)(H,18,19). The molecule has 0 heterocycles. The van der Waals surface area contributed by atoms with Gasteiger partial charge in [0.05, 0.1) is 22.8 Å². The number of hydrogen-bond donors (Lipinski definition) is 2. The molecule has 0 radical (unpaired) electrons. The molecule has 19 heavy (non-hydrogen) atoms. The summed E-state index contributed by atoms with van der Waals surface area (Å²) in [6.07, 6.45) is 0.849. The van der Waals surface area contributed by atoms with Crippen molar-refractivity contribution < 1.29 is 14.7 Å². The van der Waals surface area contributed by atoms with Crippen molar-refractivity contribution in [2.45, 2.75) is 13.3 Å². The van der Waals surface area contributed by atoms with Crippen LogP contribution in [-0.4, -0.2) is 37.1 Å². The molecule has 0 saturated heterocycles. The number of carboxylic acid groups (broad SMARTS) is 1. The summed E-state index contributed by atoms with van der Waals surface area (Å²) in [6.45, 7) is 2.62. The molecule has 0 bridgehead atoms. The van der Waals surface area contributed by atoms with E-state index < -0.39 is 5.97 Å². The van der Waals surface area contributed by atoms with Crippen LogP contribution in [0.15, 0.2) is 18.2 Å². The van der Waals surface area contributed by atoms with E-state index in [1.165, 1.54) is 11.0 Å². The van der Waals surface area contributed by atoms with Gasteiger partial charge in [0, 0.05) is 13.6 Å². The van der Waals surface area contributed by atoms with Crippen LogP contribution in [-0.2, 0) is 4.79 Å². The summed E-state index contributed by atoms with van der Waals surface area (Å²) in [4.78, 5) is 24.3. The lowest BCUT2D eigenvalue weighted by Gasteiger charge is -2.21. The molecular formula is C13H17ClN2O3. The van der Waals surface area contributed by atoms with Gasteiger partial charge in [-0.2, -0.15) is 0 Å². The third kappa shape index (κ3) is 4.13. The molecule has 0 aliphatic heterocycles. The van der Waals surface area contributed by atoms with Crippen molar-refractivity contribution in [1.29, 1.82) is 0 Å². The Morgan fingerprint density at radius 3 is 2.68 bits per heavy atom. The van der Waals surface area contributed by atoms with Crippen LogP contribution in [0.5, 0.6) is 0 Å². The van der Waals surface area contributed by atoms with Crippen molar-refractivity contribution in [3.05, 3.63) is 28.8 Å². The quantitative estimate of drug-likeness (QED) is 0.838. The third-order valence-corrected chi connectivity index (χ3v) is 2.86. The number of likely N-dealkylation sites (N-methyl/N-ethyl adjacent to an activating group) is 1. The lowest BCUT2D eigenvalue weighted by atomic mass is 10.1. The van der Waals surface area contributed by atoms with Crippen molar-refractivity contribution in [1.82, 2.24) is 5.32 Å². The number of halogens is 1. The molecule has 0 spiro atoms. The summed E-state index contributed by atoms with van der Waals surface area (Å²) in [6, 6.07) is 4.63. The number of amides is 1. The van der Waals surface area contributed by atoms with Gasteiger partial charge in [0.25, 0.3) is 0 Å². The van der Waals surface area contributed by atoms with Crippen molar-refractivity contribution in [2.75, 3.05) is 25.0 Å². The highest BCUT2D eigenvalue weighted by atomic mass is 35.5. The number of rotatable bonds is 6. The minimum atomic E-state index is -1.07. The first-order valence-corrected chi connectivity index (χ1v) is 6.34. The van der Waals surface area contributed by atoms with E-state index >= 15 is 0 Å². The average molecular weight is 285 g/mol. The molecule has 0 aliphatic rings. The van der Waals surface area contributed by atoms with Crippen molar-refractivity contribution in [2.24, 2.45) is 0 Å². The van der Waals surface area contributed by atoms with Crippen LogP contribution in [0.4, 0.5) is 5.69 Å². The zero-order chi connectivity index (χ0) is 14.4. The summed E-state index contributed by atoms with van der Waals surface area (Å²) in [5.41, 5.74) is 0.432. The van der Waals surface area contributed by atoms with Crippen molar-refractivity contribution in [3.63, 3.8) is 0 Å². The number of para-hydroxylation sites is 1. The minimum Gasteiger partial charge on any atom is -0.478 e. The van der Waals surface area contributed by atoms with Crippen LogP contribution >= 0.6 is 11.6 Å². The van der Waals surface area contributed by atoms with Gasteiger partial charge in [-0.3, -0.25) is 4.79 Å². The molecule has 0 saturated carbocycles. The van der Waals surface area contributed by atoms with E-state index in [2.05, 4.69) is 5.32 Å². The number of anilines is 1. The van der Waals surface area contributed by atoms with Crippen molar-refractivity contribution >= 4 is 29.2 Å². The first-order chi connectivity index (χ1) is 8.97. The number of carbonyl (C=O) groups is 2. The summed E-state index contributed by atoms with van der Waals surface area (Å²) in [7, 11) is 1.64. The molecule has 104 valence electrons. The van der Waals surface area contributed by atoms with E-state index in [9.17, 15) is 9.59 Å². The molecule has 0 atom stereocenters. The fourth-order valence-electron chi connectivity index (χ4n) is 1.69. The SMILES string of the molecule is CCCNC(=O)CN(C)c1c(Cl)cccc1C(=O)O. The van der Waals surface area contributed by atoms with Gasteiger partial charge in [0.15, 0.2) is 0 Å². The second-order valence-electron chi connectivity index (χ2n) is 4.15. The largest absolute Gasteiger partial charge is 0.478 e. The zero-order valence-corrected chi connectivity index (χ0v) is 11.7. The predicted molar refractivity (Wildman–Crippen MR) is 75.0 cm³/mol. The number of aromatic carboxylic acids is 1. The second kappa shape index (κ2) is 6.99. The number of carbonyl (C=O) groups excluding carboxylic acids is 1. The van der Waals surface area contributed by atoms with Crippen LogP contribution in [0.25, 0.3) is 0 Å². The second-order valence-corrected chi connectivity index (χ2v) is 4.55. The van der Waals surface area contributed by atoms with Crippen LogP contribution in [0.1, 0.15) is 23.7 Å². The van der Waals surface area contributed by atoms with Gasteiger partial charge in [-0.25, -0.2) is 4.79 Å². The maximum absolute atomic E-state index is 11.6. The van der Waals surface area contributed by atoms with Crippen LogP contribution in [0.2, 0.25) is 5.02 Å². The number of benzene rings is 1. The molecule has 0 aromatic heterocycles. The smallest absolute Gasteiger partial charge is 0.337 e. The van der Waals surface area contributed by atoms with Gasteiger partial charge in [0.2, 0.25) is 5.91 Å². The fourth-order valence-corrected chi connectivity index (χ4v) is 2.01. The fraction of sp³-hybridized carbons (Fsp3) is 0.385. The van der Waals surface area contributed by atoms with Crippen LogP contribution in [0, 0.1) is 0 Å². The van der Waals surface area contributed by atoms with E-state index in [1.807, 2.05) is 6.92 Å². The Morgan fingerprint density at radius 2 is 2.11 bits per heavy atom. The van der Waals surface area contributed by atoms with E-state index in [4.69, 9.17) is 16.7 Å². The van der Waals surface area contributed by atoms with Gasteiger partial charge >= 0.3 is 5.97 Å². The summed E-state index contributed by atoms with van der Waals surface area (Å²) in [5.74, 6) is -1.24. The Labute approximate surface area is 117 Å². The van der Waals surface area contributed by atoms with Gasteiger partial charge in [-0.05, 0) is 18.6 Å². The Kier molecular flexibility index (Phi) is 5.63. The number of nitrogens with one attached hydrogen (secondary N) is 1. The number of hydrogen-bond acceptors (Lipinski definition) is 3. The first-order valence-electron chi connectivity index (χ1n) is 5.97. The van der Waals surface area contributed by atoms with Crippen LogP contribution < -0.4 is 10.2 Å². The van der Waals surface area contributed by atoms with Gasteiger partial charge in [-0.15, -0.1) is 0 Å². The first kappa shape index (κ1) is 15.3. The molecule has 1 aromatic rings. The maximum Gasteiger partial charge on any atom is 0.337 e. The van der Waals surface area contributed by atoms with Gasteiger partial charge in [0.1, 0.15) is 0 Å². The molecule has 1 aromatic carbocycles. The topological polar surface area (TPSA) is 69.6 Å². The third-order valence-electron chi connectivity index (χ3n) is 2.55. The Morgan fingerprint density at radius 1 is 1.42 bits per heavy atom. The molecule has 1 rings (SSSR count). The average Bonchev–Trinajstić information content (AvgIpc) is 2.35. The monoisotopic (exact) mass is 284 g/mol. The lowest BCUT2D eigenvalue weighted by molar-refractivity contribution is -0.119. The maximum atomic E-state index is 11.6. The number of carboxylic acids is 1.